The summed E-state index contributed by atoms with van der Waals surface area (Å²) in [6, 6.07) is 9.75. The smallest absolute Gasteiger partial charge is 0.258 e. The normalized spacial score (nSPS) is 10.9. The summed E-state index contributed by atoms with van der Waals surface area (Å²) in [5.41, 5.74) is 2.10. The molecule has 0 atom stereocenters. The van der Waals surface area contributed by atoms with Crippen LogP contribution in [0.2, 0.25) is 10.0 Å². The van der Waals surface area contributed by atoms with E-state index in [4.69, 9.17) is 23.2 Å². The molecule has 2 aromatic rings. The lowest BCUT2D eigenvalue weighted by molar-refractivity contribution is -0.384. The molecule has 0 aromatic heterocycles. The van der Waals surface area contributed by atoms with E-state index in [1.165, 1.54) is 12.1 Å². The first-order valence-corrected chi connectivity index (χ1v) is 6.48. The van der Waals surface area contributed by atoms with Crippen molar-refractivity contribution in [1.82, 2.24) is 0 Å². The Morgan fingerprint density at radius 1 is 1.25 bits per heavy atom. The molecule has 0 fully saturated rings. The fourth-order valence-electron chi connectivity index (χ4n) is 1.66. The average Bonchev–Trinajstić information content (AvgIpc) is 2.41. The summed E-state index contributed by atoms with van der Waals surface area (Å²) in [4.78, 5) is 14.5. The monoisotopic (exact) mass is 308 g/mol. The molecule has 0 unspecified atom stereocenters. The van der Waals surface area contributed by atoms with Crippen LogP contribution in [-0.4, -0.2) is 11.1 Å². The second kappa shape index (κ2) is 6.03. The van der Waals surface area contributed by atoms with Gasteiger partial charge in [0, 0.05) is 23.9 Å². The van der Waals surface area contributed by atoms with Crippen molar-refractivity contribution in [3.8, 4) is 0 Å². The first-order valence-electron chi connectivity index (χ1n) is 5.72. The third-order valence-corrected chi connectivity index (χ3v) is 3.55. The molecule has 0 spiro atoms. The molecule has 0 heterocycles. The number of hydrogen-bond donors (Lipinski definition) is 0. The minimum absolute atomic E-state index is 0.0437. The van der Waals surface area contributed by atoms with Crippen LogP contribution in [0.15, 0.2) is 41.4 Å². The van der Waals surface area contributed by atoms with Crippen LogP contribution in [0.25, 0.3) is 0 Å². The molecule has 4 nitrogen and oxygen atoms in total. The molecule has 0 radical (unpaired) electrons. The van der Waals surface area contributed by atoms with E-state index < -0.39 is 4.92 Å². The summed E-state index contributed by atoms with van der Waals surface area (Å²) in [5.74, 6) is 0. The summed E-state index contributed by atoms with van der Waals surface area (Å²) in [5, 5.41) is 11.5. The molecule has 2 rings (SSSR count). The number of aliphatic imine (C=N–C) groups is 1. The van der Waals surface area contributed by atoms with Gasteiger partial charge in [0.25, 0.3) is 5.69 Å². The van der Waals surface area contributed by atoms with E-state index >= 15 is 0 Å². The predicted molar refractivity (Wildman–Crippen MR) is 81.5 cm³/mol. The zero-order valence-electron chi connectivity index (χ0n) is 10.5. The van der Waals surface area contributed by atoms with Gasteiger partial charge in [0.2, 0.25) is 0 Å². The average molecular weight is 309 g/mol. The van der Waals surface area contributed by atoms with E-state index in [2.05, 4.69) is 4.99 Å². The van der Waals surface area contributed by atoms with Crippen LogP contribution in [0.5, 0.6) is 0 Å². The minimum atomic E-state index is -0.436. The van der Waals surface area contributed by atoms with Gasteiger partial charge in [-0.1, -0.05) is 35.3 Å². The molecular formula is C14H10Cl2N2O2. The molecule has 0 N–H and O–H groups in total. The molecule has 0 saturated carbocycles. The van der Waals surface area contributed by atoms with Gasteiger partial charge in [-0.25, -0.2) is 0 Å². The minimum Gasteiger partial charge on any atom is -0.258 e. The van der Waals surface area contributed by atoms with Gasteiger partial charge in [0.1, 0.15) is 0 Å². The highest BCUT2D eigenvalue weighted by molar-refractivity contribution is 6.43. The van der Waals surface area contributed by atoms with Gasteiger partial charge in [-0.15, -0.1) is 0 Å². The Morgan fingerprint density at radius 2 is 2.00 bits per heavy atom. The lowest BCUT2D eigenvalue weighted by Gasteiger charge is -2.02. The van der Waals surface area contributed by atoms with Crippen LogP contribution < -0.4 is 0 Å². The molecule has 0 bridgehead atoms. The maximum absolute atomic E-state index is 10.7. The third-order valence-electron chi connectivity index (χ3n) is 2.72. The van der Waals surface area contributed by atoms with Crippen molar-refractivity contribution < 1.29 is 4.92 Å². The number of halogens is 2. The Kier molecular flexibility index (Phi) is 4.37. The molecule has 102 valence electrons. The van der Waals surface area contributed by atoms with Crippen molar-refractivity contribution in [3.63, 3.8) is 0 Å². The Bertz CT molecular complexity index is 700. The number of nitro groups is 1. The zero-order valence-corrected chi connectivity index (χ0v) is 12.0. The first-order chi connectivity index (χ1) is 9.49. The van der Waals surface area contributed by atoms with Crippen molar-refractivity contribution in [3.05, 3.63) is 67.7 Å². The second-order valence-electron chi connectivity index (χ2n) is 4.13. The number of hydrogen-bond acceptors (Lipinski definition) is 3. The highest BCUT2D eigenvalue weighted by Crippen LogP contribution is 2.26. The van der Waals surface area contributed by atoms with Gasteiger partial charge < -0.3 is 0 Å². The Labute approximate surface area is 125 Å². The summed E-state index contributed by atoms with van der Waals surface area (Å²) >= 11 is 12.0. The topological polar surface area (TPSA) is 55.5 Å². The molecule has 2 aromatic carbocycles. The largest absolute Gasteiger partial charge is 0.269 e. The van der Waals surface area contributed by atoms with Crippen LogP contribution in [0.4, 0.5) is 11.4 Å². The zero-order chi connectivity index (χ0) is 14.7. The number of aryl methyl sites for hydroxylation is 1. The molecule has 6 heteroatoms. The summed E-state index contributed by atoms with van der Waals surface area (Å²) in [7, 11) is 0. The molecule has 20 heavy (non-hydrogen) atoms. The van der Waals surface area contributed by atoms with Crippen molar-refractivity contribution >= 4 is 40.8 Å². The summed E-state index contributed by atoms with van der Waals surface area (Å²) in [6.07, 6.45) is 1.59. The quantitative estimate of drug-likeness (QED) is 0.457. The number of benzene rings is 2. The van der Waals surface area contributed by atoms with E-state index in [0.29, 0.717) is 26.9 Å². The number of non-ortho nitro benzene ring substituents is 1. The van der Waals surface area contributed by atoms with Gasteiger partial charge in [-0.3, -0.25) is 15.1 Å². The van der Waals surface area contributed by atoms with E-state index in [-0.39, 0.29) is 5.69 Å². The van der Waals surface area contributed by atoms with Gasteiger partial charge in [-0.2, -0.15) is 0 Å². The van der Waals surface area contributed by atoms with Crippen LogP contribution >= 0.6 is 23.2 Å². The highest BCUT2D eigenvalue weighted by atomic mass is 35.5. The van der Waals surface area contributed by atoms with E-state index in [9.17, 15) is 10.1 Å². The molecule has 0 amide bonds. The van der Waals surface area contributed by atoms with E-state index in [0.717, 1.165) is 0 Å². The molecule has 0 aliphatic heterocycles. The van der Waals surface area contributed by atoms with Crippen molar-refractivity contribution in [2.75, 3.05) is 0 Å². The molecule has 0 aliphatic carbocycles. The van der Waals surface area contributed by atoms with Gasteiger partial charge in [-0.05, 0) is 24.6 Å². The van der Waals surface area contributed by atoms with Crippen molar-refractivity contribution in [2.45, 2.75) is 6.92 Å². The first kappa shape index (κ1) is 14.5. The predicted octanol–water partition coefficient (Wildman–Crippen LogP) is 4.96. The maximum Gasteiger partial charge on any atom is 0.269 e. The Hall–Kier alpha value is -1.91. The molecular weight excluding hydrogens is 299 g/mol. The van der Waals surface area contributed by atoms with Crippen LogP contribution in [0.1, 0.15) is 11.1 Å². The summed E-state index contributed by atoms with van der Waals surface area (Å²) < 4.78 is 0. The van der Waals surface area contributed by atoms with Crippen LogP contribution in [0, 0.1) is 17.0 Å². The highest BCUT2D eigenvalue weighted by Gasteiger charge is 2.07. The van der Waals surface area contributed by atoms with Crippen molar-refractivity contribution in [1.29, 1.82) is 0 Å². The summed E-state index contributed by atoms with van der Waals surface area (Å²) in [6.45, 7) is 1.76. The fraction of sp³-hybridized carbons (Fsp3) is 0.0714. The van der Waals surface area contributed by atoms with Gasteiger partial charge in [0.15, 0.2) is 0 Å². The second-order valence-corrected chi connectivity index (χ2v) is 4.91. The van der Waals surface area contributed by atoms with E-state index in [1.807, 2.05) is 0 Å². The number of nitrogens with zero attached hydrogens (tertiary/aromatic N) is 2. The standard InChI is InChI=1S/C14H10Cl2N2O2/c1-9-7-11(18(19)20)5-6-13(9)17-8-10-3-2-4-12(15)14(10)16/h2-8H,1H3. The lowest BCUT2D eigenvalue weighted by Crippen LogP contribution is -1.88. The van der Waals surface area contributed by atoms with E-state index in [1.54, 1.807) is 37.4 Å². The Balaban J connectivity index is 2.32. The number of nitro benzene ring substituents is 1. The maximum atomic E-state index is 10.7. The lowest BCUT2D eigenvalue weighted by atomic mass is 10.2. The van der Waals surface area contributed by atoms with Gasteiger partial charge >= 0.3 is 0 Å². The number of rotatable bonds is 3. The third kappa shape index (κ3) is 3.15. The van der Waals surface area contributed by atoms with Gasteiger partial charge in [0.05, 0.1) is 20.7 Å². The van der Waals surface area contributed by atoms with Crippen molar-refractivity contribution in [2.24, 2.45) is 4.99 Å². The van der Waals surface area contributed by atoms with Crippen LogP contribution in [-0.2, 0) is 0 Å². The van der Waals surface area contributed by atoms with Crippen LogP contribution in [0.3, 0.4) is 0 Å². The Morgan fingerprint density at radius 3 is 2.65 bits per heavy atom. The fourth-order valence-corrected chi connectivity index (χ4v) is 2.01. The molecule has 0 aliphatic rings. The SMILES string of the molecule is Cc1cc([N+](=O)[O-])ccc1N=Cc1cccc(Cl)c1Cl. The molecule has 0 saturated heterocycles.